The van der Waals surface area contributed by atoms with Crippen molar-refractivity contribution < 1.29 is 68.6 Å². The molecule has 0 aromatic heterocycles. The molecule has 0 spiro atoms. The van der Waals surface area contributed by atoms with E-state index in [1.807, 2.05) is 0 Å². The smallest absolute Gasteiger partial charge is 0.324 e. The van der Waals surface area contributed by atoms with Crippen LogP contribution in [0.25, 0.3) is 0 Å². The van der Waals surface area contributed by atoms with E-state index < -0.39 is 102 Å². The molecule has 0 bridgehead atoms. The molecule has 17 nitrogen and oxygen atoms in total. The van der Waals surface area contributed by atoms with Gasteiger partial charge in [-0.15, -0.1) is 5.48 Å². The predicted octanol–water partition coefficient (Wildman–Crippen LogP) is 0.816. The average Bonchev–Trinajstić information content (AvgIpc) is 3.72. The molecule has 4 unspecified atom stereocenters. The number of benzene rings is 2. The summed E-state index contributed by atoms with van der Waals surface area (Å²) < 4.78 is 17.4. The molecule has 55 heavy (non-hydrogen) atoms. The number of amides is 2. The lowest BCUT2D eigenvalue weighted by atomic mass is 9.72. The van der Waals surface area contributed by atoms with Gasteiger partial charge in [0.05, 0.1) is 60.2 Å². The topological polar surface area (TPSA) is 260 Å². The van der Waals surface area contributed by atoms with Crippen molar-refractivity contribution in [2.45, 2.75) is 105 Å². The number of carbonyl (C=O) groups is 5. The van der Waals surface area contributed by atoms with Gasteiger partial charge in [0.2, 0.25) is 5.78 Å². The summed E-state index contributed by atoms with van der Waals surface area (Å²) in [5.41, 5.74) is -1.40. The number of ketones is 3. The molecule has 2 aromatic rings. The fourth-order valence-electron chi connectivity index (χ4n) is 8.28. The first kappa shape index (κ1) is 39.0. The Kier molecular flexibility index (Phi) is 10.9. The molecule has 7 rings (SSSR count). The van der Waals surface area contributed by atoms with E-state index in [0.717, 1.165) is 18.6 Å². The number of phenolic OH excluding ortho intramolecular Hbond substituents is 2. The third-order valence-electron chi connectivity index (χ3n) is 11.1. The molecule has 3 saturated heterocycles. The molecule has 8 N–H and O–H groups in total. The average molecular weight is 786 g/mol. The third-order valence-corrected chi connectivity index (χ3v) is 12.7. The monoisotopic (exact) mass is 785 g/mol. The minimum atomic E-state index is -2.33. The number of aliphatic hydroxyl groups excluding tert-OH is 2. The molecule has 2 aromatic carbocycles. The van der Waals surface area contributed by atoms with Crippen LogP contribution in [0.2, 0.25) is 0 Å². The Hall–Kier alpha value is -4.30. The molecule has 0 radical (unpaired) electrons. The lowest BCUT2D eigenvalue weighted by Gasteiger charge is -2.42. The molecule has 18 heteroatoms. The van der Waals surface area contributed by atoms with Crippen LogP contribution < -0.4 is 20.9 Å². The number of hydroxylamine groups is 1. The third kappa shape index (κ3) is 7.04. The number of hydrogen-bond acceptors (Lipinski definition) is 16. The SMILES string of the molecule is COc1cccc2c1C(=O)c1c(O)c3c(c(O)c1C2=O)C[C@@](O)(C(=O)CO)C[C@@H]3OC1CC(NOC(=O)CCCC[C@@H]2SC[C@@H]3NC(=O)N[C@@H]32)C(O)C(C)O1. The number of fused-ring (bicyclic) bond motifs is 4. The molecule has 2 aliphatic carbocycles. The molecule has 3 heterocycles. The first-order valence-corrected chi connectivity index (χ1v) is 19.2. The minimum Gasteiger partial charge on any atom is -0.507 e. The number of Topliss-reactive ketones (excluding diaryl/α,β-unsaturated/α-hetero) is 1. The van der Waals surface area contributed by atoms with E-state index in [1.54, 1.807) is 18.7 Å². The highest BCUT2D eigenvalue weighted by Gasteiger charge is 2.50. The zero-order valence-electron chi connectivity index (χ0n) is 30.0. The van der Waals surface area contributed by atoms with Gasteiger partial charge in [-0.25, -0.2) is 4.79 Å². The number of aliphatic hydroxyl groups is 3. The minimum absolute atomic E-state index is 0.0652. The van der Waals surface area contributed by atoms with Gasteiger partial charge in [0.15, 0.2) is 17.9 Å². The van der Waals surface area contributed by atoms with Gasteiger partial charge in [0.25, 0.3) is 0 Å². The van der Waals surface area contributed by atoms with Crippen molar-refractivity contribution in [1.29, 1.82) is 0 Å². The standard InChI is InChI=1S/C37H43N3O14S/c1-15-31(44)18(40-54-24(43)9-4-3-8-22-30-19(14-55-22)38-36(49)39-30)10-25(52-15)53-21-12-37(50,23(42)13-41)11-17-27(21)35(48)29-28(33(17)46)32(45)16-6-5-7-20(51-2)26(16)34(29)47/h5-7,15,18-19,21-22,25,30-31,40-41,44,46,48,50H,3-4,8-14H2,1-2H3,(H2,38,39,49)/t15?,18?,19-,21-,22-,25?,30-,31?,37-/m0/s1. The first-order chi connectivity index (χ1) is 26.3. The summed E-state index contributed by atoms with van der Waals surface area (Å²) in [6, 6.07) is 3.42. The fraction of sp³-hybridized carbons (Fsp3) is 0.541. The van der Waals surface area contributed by atoms with E-state index >= 15 is 0 Å². The van der Waals surface area contributed by atoms with Crippen molar-refractivity contribution in [2.75, 3.05) is 19.5 Å². The van der Waals surface area contributed by atoms with Gasteiger partial charge in [-0.1, -0.05) is 18.6 Å². The summed E-state index contributed by atoms with van der Waals surface area (Å²) in [4.78, 5) is 70.1. The van der Waals surface area contributed by atoms with Crippen molar-refractivity contribution in [3.8, 4) is 17.2 Å². The van der Waals surface area contributed by atoms with E-state index in [4.69, 9.17) is 19.0 Å². The van der Waals surface area contributed by atoms with E-state index in [2.05, 4.69) is 16.1 Å². The maximum Gasteiger partial charge on any atom is 0.324 e. The molecule has 296 valence electrons. The highest BCUT2D eigenvalue weighted by atomic mass is 32.2. The van der Waals surface area contributed by atoms with Crippen LogP contribution in [0, 0.1) is 0 Å². The number of aromatic hydroxyl groups is 2. The molecule has 3 aliphatic heterocycles. The van der Waals surface area contributed by atoms with Crippen molar-refractivity contribution in [1.82, 2.24) is 16.1 Å². The number of thioether (sulfide) groups is 1. The van der Waals surface area contributed by atoms with Gasteiger partial charge in [-0.05, 0) is 25.8 Å². The highest BCUT2D eigenvalue weighted by Crippen LogP contribution is 2.52. The van der Waals surface area contributed by atoms with E-state index in [-0.39, 0.29) is 64.2 Å². The first-order valence-electron chi connectivity index (χ1n) is 18.1. The van der Waals surface area contributed by atoms with Crippen LogP contribution in [-0.2, 0) is 30.3 Å². The molecule has 3 fully saturated rings. The van der Waals surface area contributed by atoms with E-state index in [0.29, 0.717) is 6.42 Å². The summed E-state index contributed by atoms with van der Waals surface area (Å²) >= 11 is 1.78. The summed E-state index contributed by atoms with van der Waals surface area (Å²) in [6.07, 6.45) is -3.90. The van der Waals surface area contributed by atoms with Crippen LogP contribution in [0.15, 0.2) is 18.2 Å². The van der Waals surface area contributed by atoms with Gasteiger partial charge in [-0.3, -0.25) is 19.2 Å². The second kappa shape index (κ2) is 15.3. The van der Waals surface area contributed by atoms with Crippen molar-refractivity contribution in [3.63, 3.8) is 0 Å². The Bertz CT molecular complexity index is 1930. The maximum atomic E-state index is 13.9. The number of rotatable bonds is 12. The molecule has 2 amide bonds. The van der Waals surface area contributed by atoms with Crippen LogP contribution in [0.3, 0.4) is 0 Å². The number of nitrogens with one attached hydrogen (secondary N) is 3. The molecule has 0 saturated carbocycles. The Morgan fingerprint density at radius 2 is 1.84 bits per heavy atom. The van der Waals surface area contributed by atoms with Gasteiger partial charge >= 0.3 is 12.0 Å². The lowest BCUT2D eigenvalue weighted by Crippen LogP contribution is -2.55. The van der Waals surface area contributed by atoms with E-state index in [1.165, 1.54) is 25.3 Å². The van der Waals surface area contributed by atoms with Gasteiger partial charge in [-0.2, -0.15) is 11.8 Å². The van der Waals surface area contributed by atoms with Crippen LogP contribution >= 0.6 is 11.8 Å². The number of hydrogen-bond donors (Lipinski definition) is 8. The van der Waals surface area contributed by atoms with E-state index in [9.17, 15) is 49.5 Å². The Morgan fingerprint density at radius 1 is 1.07 bits per heavy atom. The van der Waals surface area contributed by atoms with Crippen LogP contribution in [0.1, 0.15) is 94.5 Å². The van der Waals surface area contributed by atoms with Gasteiger partial charge in [0.1, 0.15) is 29.5 Å². The highest BCUT2D eigenvalue weighted by molar-refractivity contribution is 8.00. The second-order valence-corrected chi connectivity index (χ2v) is 15.8. The number of ether oxygens (including phenoxy) is 3. The van der Waals surface area contributed by atoms with Crippen molar-refractivity contribution >= 4 is 41.1 Å². The van der Waals surface area contributed by atoms with Crippen molar-refractivity contribution in [3.05, 3.63) is 51.6 Å². The van der Waals surface area contributed by atoms with Gasteiger partial charge in [0, 0.05) is 53.4 Å². The summed E-state index contributed by atoms with van der Waals surface area (Å²) in [6.45, 7) is 0.470. The quantitative estimate of drug-likeness (QED) is 0.0547. The van der Waals surface area contributed by atoms with Gasteiger partial charge < -0.3 is 55.2 Å². The normalized spacial score (nSPS) is 30.7. The number of carbonyl (C=O) groups excluding carboxylic acids is 5. The number of methoxy groups -OCH3 is 1. The molecular formula is C37H43N3O14S. The number of unbranched alkanes of at least 4 members (excludes halogenated alkanes) is 1. The summed E-state index contributed by atoms with van der Waals surface area (Å²) in [5, 5.41) is 61.6. The fourth-order valence-corrected chi connectivity index (χ4v) is 9.83. The summed E-state index contributed by atoms with van der Waals surface area (Å²) in [5.74, 6) is -3.76. The molecular weight excluding hydrogens is 742 g/mol. The molecule has 5 aliphatic rings. The number of phenols is 2. The van der Waals surface area contributed by atoms with Crippen molar-refractivity contribution in [2.24, 2.45) is 0 Å². The zero-order valence-corrected chi connectivity index (χ0v) is 30.8. The maximum absolute atomic E-state index is 13.9. The lowest BCUT2D eigenvalue weighted by molar-refractivity contribution is -0.256. The van der Waals surface area contributed by atoms with Crippen LogP contribution in [0.5, 0.6) is 17.2 Å². The molecule has 9 atom stereocenters. The Labute approximate surface area is 319 Å². The Balaban J connectivity index is 1.07. The number of urea groups is 1. The summed E-state index contributed by atoms with van der Waals surface area (Å²) in [7, 11) is 1.31. The second-order valence-electron chi connectivity index (χ2n) is 14.6. The predicted molar refractivity (Wildman–Crippen MR) is 191 cm³/mol. The Morgan fingerprint density at radius 3 is 2.58 bits per heavy atom. The largest absolute Gasteiger partial charge is 0.507 e. The van der Waals surface area contributed by atoms with Crippen LogP contribution in [0.4, 0.5) is 4.79 Å². The zero-order chi connectivity index (χ0) is 39.3. The van der Waals surface area contributed by atoms with Crippen LogP contribution in [-0.4, -0.2) is 122 Å².